The summed E-state index contributed by atoms with van der Waals surface area (Å²) < 4.78 is 0. The maximum absolute atomic E-state index is 10.0. The predicted molar refractivity (Wildman–Crippen MR) is 71.7 cm³/mol. The van der Waals surface area contributed by atoms with E-state index in [1.54, 1.807) is 24.4 Å². The molecule has 0 aliphatic heterocycles. The number of halogens is 2. The second-order valence-electron chi connectivity index (χ2n) is 3.89. The summed E-state index contributed by atoms with van der Waals surface area (Å²) in [5, 5.41) is 20.8. The monoisotopic (exact) mass is 285 g/mol. The summed E-state index contributed by atoms with van der Waals surface area (Å²) in [4.78, 5) is 0. The molecule has 1 aromatic heterocycles. The van der Waals surface area contributed by atoms with E-state index in [9.17, 15) is 5.11 Å². The number of aliphatic hydroxyl groups excluding tert-OH is 1. The lowest BCUT2D eigenvalue weighted by Gasteiger charge is -2.13. The number of rotatable bonds is 5. The first-order chi connectivity index (χ1) is 8.66. The van der Waals surface area contributed by atoms with E-state index in [4.69, 9.17) is 23.2 Å². The first kappa shape index (κ1) is 13.4. The third-order valence-electron chi connectivity index (χ3n) is 2.53. The second-order valence-corrected chi connectivity index (χ2v) is 4.74. The fourth-order valence-corrected chi connectivity index (χ4v) is 2.14. The molecule has 0 spiro atoms. The molecule has 1 aromatic carbocycles. The van der Waals surface area contributed by atoms with E-state index >= 15 is 0 Å². The number of nitrogens with one attached hydrogen (secondary N) is 2. The van der Waals surface area contributed by atoms with Crippen molar-refractivity contribution >= 4 is 23.2 Å². The summed E-state index contributed by atoms with van der Waals surface area (Å²) in [6.45, 7) is 1.02. The van der Waals surface area contributed by atoms with Crippen LogP contribution in [0.15, 0.2) is 30.5 Å². The number of aliphatic hydroxyl groups is 1. The largest absolute Gasteiger partial charge is 0.387 e. The van der Waals surface area contributed by atoms with Crippen LogP contribution in [0.5, 0.6) is 0 Å². The Morgan fingerprint density at radius 1 is 1.33 bits per heavy atom. The van der Waals surface area contributed by atoms with Crippen LogP contribution in [0.1, 0.15) is 17.4 Å². The summed E-state index contributed by atoms with van der Waals surface area (Å²) in [5.74, 6) is 0. The van der Waals surface area contributed by atoms with Crippen LogP contribution < -0.4 is 5.32 Å². The molecule has 3 N–H and O–H groups in total. The summed E-state index contributed by atoms with van der Waals surface area (Å²) in [6.07, 6.45) is 1.02. The number of benzene rings is 1. The highest BCUT2D eigenvalue weighted by atomic mass is 35.5. The van der Waals surface area contributed by atoms with Crippen LogP contribution in [0, 0.1) is 0 Å². The standard InChI is InChI=1S/C12H13Cl2N3O/c13-8-1-2-10(11(14)5-8)12(18)7-15-6-9-3-4-16-17-9/h1-5,12,15,18H,6-7H2,(H,16,17). The number of hydrogen-bond donors (Lipinski definition) is 3. The van der Waals surface area contributed by atoms with Crippen molar-refractivity contribution in [2.75, 3.05) is 6.54 Å². The highest BCUT2D eigenvalue weighted by Gasteiger charge is 2.11. The third kappa shape index (κ3) is 3.46. The SMILES string of the molecule is OC(CNCc1ccn[nH]1)c1ccc(Cl)cc1Cl. The molecular formula is C12H13Cl2N3O. The predicted octanol–water partition coefficient (Wildman–Crippen LogP) is 2.54. The quantitative estimate of drug-likeness (QED) is 0.791. The van der Waals surface area contributed by atoms with Crippen molar-refractivity contribution in [2.45, 2.75) is 12.6 Å². The van der Waals surface area contributed by atoms with E-state index in [0.29, 0.717) is 28.7 Å². The first-order valence-electron chi connectivity index (χ1n) is 5.49. The molecule has 2 rings (SSSR count). The Hall–Kier alpha value is -1.07. The summed E-state index contributed by atoms with van der Waals surface area (Å²) in [7, 11) is 0. The van der Waals surface area contributed by atoms with Gasteiger partial charge in [0, 0.05) is 40.6 Å². The van der Waals surface area contributed by atoms with Gasteiger partial charge in [-0.2, -0.15) is 5.10 Å². The number of aromatic amines is 1. The lowest BCUT2D eigenvalue weighted by molar-refractivity contribution is 0.174. The zero-order chi connectivity index (χ0) is 13.0. The minimum Gasteiger partial charge on any atom is -0.387 e. The van der Waals surface area contributed by atoms with Crippen molar-refractivity contribution in [1.82, 2.24) is 15.5 Å². The van der Waals surface area contributed by atoms with E-state index in [1.807, 2.05) is 6.07 Å². The van der Waals surface area contributed by atoms with Crippen LogP contribution in [-0.4, -0.2) is 21.8 Å². The molecule has 1 heterocycles. The molecule has 4 nitrogen and oxygen atoms in total. The van der Waals surface area contributed by atoms with Crippen LogP contribution in [0.2, 0.25) is 10.0 Å². The topological polar surface area (TPSA) is 60.9 Å². The molecule has 0 amide bonds. The summed E-state index contributed by atoms with van der Waals surface area (Å²) >= 11 is 11.8. The molecule has 0 bridgehead atoms. The van der Waals surface area contributed by atoms with Crippen molar-refractivity contribution in [2.24, 2.45) is 0 Å². The number of hydrogen-bond acceptors (Lipinski definition) is 3. The lowest BCUT2D eigenvalue weighted by atomic mass is 10.1. The highest BCUT2D eigenvalue weighted by Crippen LogP contribution is 2.25. The molecular weight excluding hydrogens is 273 g/mol. The van der Waals surface area contributed by atoms with Crippen molar-refractivity contribution in [3.8, 4) is 0 Å². The lowest BCUT2D eigenvalue weighted by Crippen LogP contribution is -2.21. The Balaban J connectivity index is 1.89. The van der Waals surface area contributed by atoms with Crippen LogP contribution in [-0.2, 0) is 6.54 Å². The second kappa shape index (κ2) is 6.20. The van der Waals surface area contributed by atoms with Crippen molar-refractivity contribution in [3.05, 3.63) is 51.8 Å². The van der Waals surface area contributed by atoms with E-state index in [2.05, 4.69) is 15.5 Å². The Kier molecular flexibility index (Phi) is 4.60. The Morgan fingerprint density at radius 3 is 2.83 bits per heavy atom. The highest BCUT2D eigenvalue weighted by molar-refractivity contribution is 6.35. The first-order valence-corrected chi connectivity index (χ1v) is 6.24. The van der Waals surface area contributed by atoms with Crippen LogP contribution in [0.3, 0.4) is 0 Å². The average molecular weight is 286 g/mol. The van der Waals surface area contributed by atoms with Gasteiger partial charge in [-0.3, -0.25) is 5.10 Å². The van der Waals surface area contributed by atoms with E-state index < -0.39 is 6.10 Å². The fraction of sp³-hybridized carbons (Fsp3) is 0.250. The van der Waals surface area contributed by atoms with Gasteiger partial charge < -0.3 is 10.4 Å². The molecule has 0 radical (unpaired) electrons. The summed E-state index contributed by atoms with van der Waals surface area (Å²) in [5.41, 5.74) is 1.63. The van der Waals surface area contributed by atoms with Gasteiger partial charge in [0.1, 0.15) is 0 Å². The van der Waals surface area contributed by atoms with E-state index in [0.717, 1.165) is 5.69 Å². The van der Waals surface area contributed by atoms with Gasteiger partial charge in [0.05, 0.1) is 6.10 Å². The van der Waals surface area contributed by atoms with Gasteiger partial charge >= 0.3 is 0 Å². The van der Waals surface area contributed by atoms with Gasteiger partial charge in [-0.1, -0.05) is 29.3 Å². The van der Waals surface area contributed by atoms with Crippen molar-refractivity contribution < 1.29 is 5.11 Å². The van der Waals surface area contributed by atoms with Gasteiger partial charge in [-0.05, 0) is 18.2 Å². The summed E-state index contributed by atoms with van der Waals surface area (Å²) in [6, 6.07) is 6.93. The van der Waals surface area contributed by atoms with E-state index in [1.165, 1.54) is 0 Å². The molecule has 2 aromatic rings. The molecule has 0 aliphatic rings. The third-order valence-corrected chi connectivity index (χ3v) is 3.10. The number of aromatic nitrogens is 2. The van der Waals surface area contributed by atoms with Gasteiger partial charge in [0.25, 0.3) is 0 Å². The average Bonchev–Trinajstić information content (AvgIpc) is 2.81. The maximum atomic E-state index is 10.0. The van der Waals surface area contributed by atoms with Gasteiger partial charge in [-0.25, -0.2) is 0 Å². The van der Waals surface area contributed by atoms with E-state index in [-0.39, 0.29) is 0 Å². The molecule has 1 unspecified atom stereocenters. The van der Waals surface area contributed by atoms with Gasteiger partial charge in [0.15, 0.2) is 0 Å². The number of nitrogens with zero attached hydrogens (tertiary/aromatic N) is 1. The molecule has 96 valence electrons. The normalized spacial score (nSPS) is 12.6. The van der Waals surface area contributed by atoms with Crippen molar-refractivity contribution in [3.63, 3.8) is 0 Å². The molecule has 0 fully saturated rings. The molecule has 0 saturated heterocycles. The molecule has 18 heavy (non-hydrogen) atoms. The molecule has 0 aliphatic carbocycles. The maximum Gasteiger partial charge on any atom is 0.0928 e. The van der Waals surface area contributed by atoms with Crippen LogP contribution in [0.25, 0.3) is 0 Å². The molecule has 6 heteroatoms. The Bertz CT molecular complexity index is 502. The van der Waals surface area contributed by atoms with Crippen LogP contribution >= 0.6 is 23.2 Å². The molecule has 0 saturated carbocycles. The van der Waals surface area contributed by atoms with Gasteiger partial charge in [0.2, 0.25) is 0 Å². The fourth-order valence-electron chi connectivity index (χ4n) is 1.61. The smallest absolute Gasteiger partial charge is 0.0928 e. The minimum atomic E-state index is -0.669. The van der Waals surface area contributed by atoms with Crippen LogP contribution in [0.4, 0.5) is 0 Å². The number of H-pyrrole nitrogens is 1. The zero-order valence-electron chi connectivity index (χ0n) is 9.53. The van der Waals surface area contributed by atoms with Gasteiger partial charge in [-0.15, -0.1) is 0 Å². The van der Waals surface area contributed by atoms with Crippen molar-refractivity contribution in [1.29, 1.82) is 0 Å². The Morgan fingerprint density at radius 2 is 2.17 bits per heavy atom. The molecule has 1 atom stereocenters. The zero-order valence-corrected chi connectivity index (χ0v) is 11.0. The minimum absolute atomic E-state index is 0.403. The Labute approximate surface area is 115 Å².